The number of hydrogen-bond acceptors (Lipinski definition) is 5. The molecule has 0 aliphatic heterocycles. The van der Waals surface area contributed by atoms with Crippen LogP contribution in [0.5, 0.6) is 11.6 Å². The average Bonchev–Trinajstić information content (AvgIpc) is 2.69. The molecule has 0 radical (unpaired) electrons. The van der Waals surface area contributed by atoms with Crippen LogP contribution in [0.25, 0.3) is 0 Å². The van der Waals surface area contributed by atoms with Crippen molar-refractivity contribution in [2.24, 2.45) is 4.99 Å². The fourth-order valence-corrected chi connectivity index (χ4v) is 2.09. The molecule has 0 fully saturated rings. The normalized spacial score (nSPS) is 11.1. The molecular formula is C19H26N4O3. The third-order valence-electron chi connectivity index (χ3n) is 3.43. The molecule has 2 rings (SSSR count). The van der Waals surface area contributed by atoms with Crippen molar-refractivity contribution in [3.8, 4) is 11.6 Å². The fourth-order valence-electron chi connectivity index (χ4n) is 2.09. The molecule has 1 heterocycles. The zero-order valence-corrected chi connectivity index (χ0v) is 15.3. The van der Waals surface area contributed by atoms with Gasteiger partial charge >= 0.3 is 0 Å². The third kappa shape index (κ3) is 7.40. The Labute approximate surface area is 154 Å². The highest BCUT2D eigenvalue weighted by atomic mass is 16.5. The number of benzene rings is 1. The van der Waals surface area contributed by atoms with Crippen LogP contribution in [0.15, 0.2) is 53.7 Å². The maximum atomic E-state index is 5.64. The van der Waals surface area contributed by atoms with Crippen molar-refractivity contribution in [2.75, 3.05) is 40.5 Å². The smallest absolute Gasteiger partial charge is 0.213 e. The Morgan fingerprint density at radius 2 is 1.85 bits per heavy atom. The highest BCUT2D eigenvalue weighted by Crippen LogP contribution is 2.08. The summed E-state index contributed by atoms with van der Waals surface area (Å²) in [5.74, 6) is 2.16. The number of nitrogens with one attached hydrogen (secondary N) is 2. The number of pyridine rings is 1. The third-order valence-corrected chi connectivity index (χ3v) is 3.43. The van der Waals surface area contributed by atoms with Gasteiger partial charge in [-0.3, -0.25) is 4.99 Å². The quantitative estimate of drug-likeness (QED) is 0.383. The molecular weight excluding hydrogens is 332 g/mol. The van der Waals surface area contributed by atoms with E-state index < -0.39 is 0 Å². The second-order valence-corrected chi connectivity index (χ2v) is 5.36. The second-order valence-electron chi connectivity index (χ2n) is 5.36. The number of hydrogen-bond donors (Lipinski definition) is 2. The first kappa shape index (κ1) is 19.5. The highest BCUT2D eigenvalue weighted by Gasteiger charge is 2.00. The van der Waals surface area contributed by atoms with E-state index in [1.807, 2.05) is 42.5 Å². The van der Waals surface area contributed by atoms with Crippen molar-refractivity contribution in [1.82, 2.24) is 15.6 Å². The number of guanidine groups is 1. The minimum atomic E-state index is 0.489. The van der Waals surface area contributed by atoms with Crippen molar-refractivity contribution in [1.29, 1.82) is 0 Å². The van der Waals surface area contributed by atoms with Gasteiger partial charge in [-0.1, -0.05) is 24.3 Å². The lowest BCUT2D eigenvalue weighted by molar-refractivity contribution is 0.143. The van der Waals surface area contributed by atoms with Crippen LogP contribution in [0.1, 0.15) is 5.56 Å². The zero-order valence-electron chi connectivity index (χ0n) is 15.3. The molecule has 7 nitrogen and oxygen atoms in total. The highest BCUT2D eigenvalue weighted by molar-refractivity contribution is 5.79. The lowest BCUT2D eigenvalue weighted by atomic mass is 10.3. The van der Waals surface area contributed by atoms with Crippen molar-refractivity contribution < 1.29 is 14.2 Å². The standard InChI is InChI=1S/C19H26N4O3/c1-20-19(21-10-11-25-17-6-4-3-5-7-17)23-15-16-8-9-18(22-14-16)26-13-12-24-2/h3-9,14H,10-13,15H2,1-2H3,(H2,20,21,23). The van der Waals surface area contributed by atoms with E-state index in [9.17, 15) is 0 Å². The van der Waals surface area contributed by atoms with Crippen LogP contribution in [0.2, 0.25) is 0 Å². The minimum absolute atomic E-state index is 0.489. The number of ether oxygens (including phenoxy) is 3. The molecule has 0 atom stereocenters. The summed E-state index contributed by atoms with van der Waals surface area (Å²) in [6, 6.07) is 13.5. The van der Waals surface area contributed by atoms with Gasteiger partial charge in [0.2, 0.25) is 5.88 Å². The summed E-state index contributed by atoms with van der Waals surface area (Å²) in [5.41, 5.74) is 1.03. The van der Waals surface area contributed by atoms with Crippen LogP contribution in [-0.2, 0) is 11.3 Å². The van der Waals surface area contributed by atoms with Crippen LogP contribution in [0, 0.1) is 0 Å². The van der Waals surface area contributed by atoms with E-state index in [2.05, 4.69) is 20.6 Å². The minimum Gasteiger partial charge on any atom is -0.492 e. The molecule has 0 spiro atoms. The molecule has 0 saturated carbocycles. The summed E-state index contributed by atoms with van der Waals surface area (Å²) in [7, 11) is 3.37. The Bertz CT molecular complexity index is 648. The van der Waals surface area contributed by atoms with Crippen LogP contribution < -0.4 is 20.1 Å². The van der Waals surface area contributed by atoms with Gasteiger partial charge in [0.25, 0.3) is 0 Å². The largest absolute Gasteiger partial charge is 0.492 e. The van der Waals surface area contributed by atoms with Crippen molar-refractivity contribution in [3.63, 3.8) is 0 Å². The van der Waals surface area contributed by atoms with E-state index in [0.29, 0.717) is 44.7 Å². The molecule has 0 unspecified atom stereocenters. The summed E-state index contributed by atoms with van der Waals surface area (Å²) >= 11 is 0. The molecule has 0 aliphatic rings. The topological polar surface area (TPSA) is 77.0 Å². The van der Waals surface area contributed by atoms with Gasteiger partial charge in [-0.15, -0.1) is 0 Å². The summed E-state index contributed by atoms with van der Waals surface area (Å²) in [6.07, 6.45) is 1.78. The Kier molecular flexibility index (Phi) is 8.79. The molecule has 2 N–H and O–H groups in total. The monoisotopic (exact) mass is 358 g/mol. The molecule has 0 aliphatic carbocycles. The zero-order chi connectivity index (χ0) is 18.5. The van der Waals surface area contributed by atoms with Crippen molar-refractivity contribution in [3.05, 3.63) is 54.2 Å². The van der Waals surface area contributed by atoms with E-state index in [4.69, 9.17) is 14.2 Å². The lowest BCUT2D eigenvalue weighted by Gasteiger charge is -2.12. The molecule has 1 aromatic heterocycles. The molecule has 0 amide bonds. The predicted molar refractivity (Wildman–Crippen MR) is 102 cm³/mol. The van der Waals surface area contributed by atoms with Crippen molar-refractivity contribution in [2.45, 2.75) is 6.54 Å². The Hall–Kier alpha value is -2.80. The van der Waals surface area contributed by atoms with Gasteiger partial charge in [0, 0.05) is 33.0 Å². The number of aliphatic imine (C=N–C) groups is 1. The van der Waals surface area contributed by atoms with Gasteiger partial charge < -0.3 is 24.8 Å². The van der Waals surface area contributed by atoms with Gasteiger partial charge in [-0.25, -0.2) is 4.98 Å². The van der Waals surface area contributed by atoms with E-state index >= 15 is 0 Å². The van der Waals surface area contributed by atoms with Gasteiger partial charge in [0.05, 0.1) is 13.2 Å². The summed E-state index contributed by atoms with van der Waals surface area (Å²) in [5, 5.41) is 6.45. The van der Waals surface area contributed by atoms with E-state index in [-0.39, 0.29) is 0 Å². The number of para-hydroxylation sites is 1. The van der Waals surface area contributed by atoms with Crippen LogP contribution in [0.4, 0.5) is 0 Å². The molecule has 2 aromatic rings. The van der Waals surface area contributed by atoms with E-state index in [1.165, 1.54) is 0 Å². The van der Waals surface area contributed by atoms with E-state index in [1.54, 1.807) is 20.4 Å². The second kappa shape index (κ2) is 11.7. The van der Waals surface area contributed by atoms with E-state index in [0.717, 1.165) is 11.3 Å². The summed E-state index contributed by atoms with van der Waals surface area (Å²) < 4.78 is 16.0. The summed E-state index contributed by atoms with van der Waals surface area (Å²) in [4.78, 5) is 8.46. The fraction of sp³-hybridized carbons (Fsp3) is 0.368. The number of nitrogens with zero attached hydrogens (tertiary/aromatic N) is 2. The van der Waals surface area contributed by atoms with Crippen molar-refractivity contribution >= 4 is 5.96 Å². The van der Waals surface area contributed by atoms with Gasteiger partial charge in [0.15, 0.2) is 5.96 Å². The first-order chi connectivity index (χ1) is 12.8. The van der Waals surface area contributed by atoms with Gasteiger partial charge in [-0.2, -0.15) is 0 Å². The molecule has 1 aromatic carbocycles. The van der Waals surface area contributed by atoms with Crippen LogP contribution >= 0.6 is 0 Å². The maximum absolute atomic E-state index is 5.64. The summed E-state index contributed by atoms with van der Waals surface area (Å²) in [6.45, 7) is 2.85. The number of methoxy groups -OCH3 is 1. The molecule has 0 bridgehead atoms. The molecule has 7 heteroatoms. The lowest BCUT2D eigenvalue weighted by Crippen LogP contribution is -2.38. The SMILES string of the molecule is CN=C(NCCOc1ccccc1)NCc1ccc(OCCOC)nc1. The molecule has 0 saturated heterocycles. The average molecular weight is 358 g/mol. The van der Waals surface area contributed by atoms with Crippen LogP contribution in [-0.4, -0.2) is 51.5 Å². The first-order valence-electron chi connectivity index (χ1n) is 8.51. The van der Waals surface area contributed by atoms with Gasteiger partial charge in [-0.05, 0) is 17.7 Å². The van der Waals surface area contributed by atoms with Crippen LogP contribution in [0.3, 0.4) is 0 Å². The Balaban J connectivity index is 1.66. The number of rotatable bonds is 10. The molecule has 140 valence electrons. The number of aromatic nitrogens is 1. The maximum Gasteiger partial charge on any atom is 0.213 e. The Morgan fingerprint density at radius 3 is 2.54 bits per heavy atom. The Morgan fingerprint density at radius 1 is 1.00 bits per heavy atom. The first-order valence-corrected chi connectivity index (χ1v) is 8.51. The van der Waals surface area contributed by atoms with Gasteiger partial charge in [0.1, 0.15) is 19.0 Å². The molecule has 26 heavy (non-hydrogen) atoms. The predicted octanol–water partition coefficient (Wildman–Crippen LogP) is 1.85.